The summed E-state index contributed by atoms with van der Waals surface area (Å²) in [7, 11) is 0. The predicted octanol–water partition coefficient (Wildman–Crippen LogP) is 1.29. The van der Waals surface area contributed by atoms with E-state index < -0.39 is 0 Å². The Kier molecular flexibility index (Phi) is 6.30. The van der Waals surface area contributed by atoms with E-state index in [1.807, 2.05) is 18.2 Å². The van der Waals surface area contributed by atoms with Crippen molar-refractivity contribution in [3.05, 3.63) is 35.9 Å². The number of nitrogens with zero attached hydrogens (tertiary/aromatic N) is 1. The minimum atomic E-state index is -0.354. The molecule has 4 heteroatoms. The second-order valence-electron chi connectivity index (χ2n) is 4.92. The maximum absolute atomic E-state index is 9.61. The predicted molar refractivity (Wildman–Crippen MR) is 74.0 cm³/mol. The fourth-order valence-corrected chi connectivity index (χ4v) is 2.21. The summed E-state index contributed by atoms with van der Waals surface area (Å²) in [6.45, 7) is 5.15. The van der Waals surface area contributed by atoms with Gasteiger partial charge in [-0.05, 0) is 12.0 Å². The molecule has 1 unspecified atom stereocenters. The third-order valence-electron chi connectivity index (χ3n) is 3.21. The zero-order chi connectivity index (χ0) is 13.3. The van der Waals surface area contributed by atoms with Crippen LogP contribution in [0.1, 0.15) is 12.0 Å². The van der Waals surface area contributed by atoms with Gasteiger partial charge in [0.25, 0.3) is 0 Å². The number of β-amino-alcohol motifs (C(OH)–C–C–N with tert-alkyl or cyclic N) is 1. The summed E-state index contributed by atoms with van der Waals surface area (Å²) in [6, 6.07) is 10.2. The quantitative estimate of drug-likeness (QED) is 0.787. The number of aliphatic hydroxyl groups excluding tert-OH is 1. The van der Waals surface area contributed by atoms with Gasteiger partial charge in [-0.25, -0.2) is 0 Å². The van der Waals surface area contributed by atoms with E-state index in [1.165, 1.54) is 5.56 Å². The van der Waals surface area contributed by atoms with Crippen LogP contribution in [0.2, 0.25) is 0 Å². The first-order valence-electron chi connectivity index (χ1n) is 6.94. The van der Waals surface area contributed by atoms with Gasteiger partial charge in [-0.1, -0.05) is 30.3 Å². The Morgan fingerprint density at radius 2 is 2.16 bits per heavy atom. The van der Waals surface area contributed by atoms with Crippen LogP contribution in [-0.2, 0) is 16.1 Å². The molecular formula is C15H23NO3. The van der Waals surface area contributed by atoms with Crippen molar-refractivity contribution >= 4 is 0 Å². The average molecular weight is 265 g/mol. The van der Waals surface area contributed by atoms with Gasteiger partial charge in [-0.3, -0.25) is 4.90 Å². The highest BCUT2D eigenvalue weighted by molar-refractivity contribution is 5.13. The Balaban J connectivity index is 1.56. The number of aliphatic hydroxyl groups is 1. The van der Waals surface area contributed by atoms with Gasteiger partial charge < -0.3 is 14.6 Å². The normalized spacial score (nSPS) is 21.2. The molecule has 1 aromatic carbocycles. The Morgan fingerprint density at radius 1 is 1.32 bits per heavy atom. The lowest BCUT2D eigenvalue weighted by molar-refractivity contribution is 0.0556. The topological polar surface area (TPSA) is 41.9 Å². The van der Waals surface area contributed by atoms with Gasteiger partial charge in [0, 0.05) is 26.2 Å². The summed E-state index contributed by atoms with van der Waals surface area (Å²) >= 11 is 0. The lowest BCUT2D eigenvalue weighted by Crippen LogP contribution is -2.33. The number of hydrogen-bond acceptors (Lipinski definition) is 4. The van der Waals surface area contributed by atoms with Crippen LogP contribution >= 0.6 is 0 Å². The van der Waals surface area contributed by atoms with Gasteiger partial charge in [0.15, 0.2) is 0 Å². The molecule has 0 saturated carbocycles. The molecule has 1 heterocycles. The molecule has 1 aliphatic heterocycles. The van der Waals surface area contributed by atoms with Crippen LogP contribution in [0, 0.1) is 0 Å². The van der Waals surface area contributed by atoms with Gasteiger partial charge in [0.2, 0.25) is 0 Å². The van der Waals surface area contributed by atoms with E-state index in [0.29, 0.717) is 26.4 Å². The number of benzene rings is 1. The maximum atomic E-state index is 9.61. The smallest absolute Gasteiger partial charge is 0.0900 e. The van der Waals surface area contributed by atoms with Gasteiger partial charge >= 0.3 is 0 Å². The van der Waals surface area contributed by atoms with E-state index in [-0.39, 0.29) is 6.10 Å². The molecule has 0 radical (unpaired) electrons. The van der Waals surface area contributed by atoms with Crippen LogP contribution in [0.25, 0.3) is 0 Å². The molecule has 0 aliphatic carbocycles. The van der Waals surface area contributed by atoms with Crippen molar-refractivity contribution in [2.24, 2.45) is 0 Å². The molecule has 1 fully saturated rings. The Bertz CT molecular complexity index is 345. The minimum Gasteiger partial charge on any atom is -0.389 e. The van der Waals surface area contributed by atoms with E-state index in [1.54, 1.807) is 0 Å². The molecule has 1 aromatic rings. The highest BCUT2D eigenvalue weighted by Gasteiger charge is 2.15. The zero-order valence-corrected chi connectivity index (χ0v) is 11.3. The lowest BCUT2D eigenvalue weighted by Gasteiger charge is -2.20. The van der Waals surface area contributed by atoms with E-state index >= 15 is 0 Å². The Labute approximate surface area is 114 Å². The van der Waals surface area contributed by atoms with Crippen LogP contribution in [0.4, 0.5) is 0 Å². The standard InChI is InChI=1S/C15H23NO3/c17-15-11-16(8-10-19-13-15)7-4-9-18-12-14-5-2-1-3-6-14/h1-3,5-6,15,17H,4,7-13H2. The molecule has 1 N–H and O–H groups in total. The Morgan fingerprint density at radius 3 is 3.00 bits per heavy atom. The summed E-state index contributed by atoms with van der Waals surface area (Å²) in [6.07, 6.45) is 0.632. The third kappa shape index (κ3) is 5.70. The van der Waals surface area contributed by atoms with Gasteiger partial charge in [-0.15, -0.1) is 0 Å². The third-order valence-corrected chi connectivity index (χ3v) is 3.21. The number of hydrogen-bond donors (Lipinski definition) is 1. The first-order chi connectivity index (χ1) is 9.34. The molecule has 1 atom stereocenters. The maximum Gasteiger partial charge on any atom is 0.0900 e. The zero-order valence-electron chi connectivity index (χ0n) is 11.3. The lowest BCUT2D eigenvalue weighted by atomic mass is 10.2. The van der Waals surface area contributed by atoms with Crippen molar-refractivity contribution in [3.63, 3.8) is 0 Å². The van der Waals surface area contributed by atoms with Crippen molar-refractivity contribution in [1.82, 2.24) is 4.90 Å². The first kappa shape index (κ1) is 14.5. The SMILES string of the molecule is OC1COCCN(CCCOCc2ccccc2)C1. The van der Waals surface area contributed by atoms with E-state index in [9.17, 15) is 5.11 Å². The van der Waals surface area contributed by atoms with Gasteiger partial charge in [0.1, 0.15) is 0 Å². The van der Waals surface area contributed by atoms with E-state index in [2.05, 4.69) is 17.0 Å². The fourth-order valence-electron chi connectivity index (χ4n) is 2.21. The summed E-state index contributed by atoms with van der Waals surface area (Å²) < 4.78 is 10.9. The molecule has 0 aromatic heterocycles. The van der Waals surface area contributed by atoms with E-state index in [0.717, 1.165) is 26.1 Å². The molecule has 1 aliphatic rings. The molecule has 19 heavy (non-hydrogen) atoms. The summed E-state index contributed by atoms with van der Waals surface area (Å²) in [5.41, 5.74) is 1.21. The molecule has 4 nitrogen and oxygen atoms in total. The minimum absolute atomic E-state index is 0.354. The fraction of sp³-hybridized carbons (Fsp3) is 0.600. The average Bonchev–Trinajstić information content (AvgIpc) is 2.64. The number of rotatable bonds is 6. The molecule has 2 rings (SSSR count). The molecule has 1 saturated heterocycles. The highest BCUT2D eigenvalue weighted by atomic mass is 16.5. The molecule has 0 bridgehead atoms. The van der Waals surface area contributed by atoms with Crippen molar-refractivity contribution in [2.45, 2.75) is 19.1 Å². The van der Waals surface area contributed by atoms with Crippen LogP contribution in [0.3, 0.4) is 0 Å². The summed E-state index contributed by atoms with van der Waals surface area (Å²) in [4.78, 5) is 2.24. The second-order valence-corrected chi connectivity index (χ2v) is 4.92. The number of ether oxygens (including phenoxy) is 2. The van der Waals surface area contributed by atoms with Gasteiger partial charge in [-0.2, -0.15) is 0 Å². The summed E-state index contributed by atoms with van der Waals surface area (Å²) in [5, 5.41) is 9.61. The Hall–Kier alpha value is -0.940. The van der Waals surface area contributed by atoms with Crippen LogP contribution in [0.5, 0.6) is 0 Å². The monoisotopic (exact) mass is 265 g/mol. The van der Waals surface area contributed by atoms with Crippen molar-refractivity contribution in [2.75, 3.05) is 39.5 Å². The van der Waals surface area contributed by atoms with Crippen LogP contribution < -0.4 is 0 Å². The van der Waals surface area contributed by atoms with Crippen LogP contribution in [0.15, 0.2) is 30.3 Å². The molecule has 0 spiro atoms. The molecule has 106 valence electrons. The summed E-state index contributed by atoms with van der Waals surface area (Å²) in [5.74, 6) is 0. The highest BCUT2D eigenvalue weighted by Crippen LogP contribution is 2.03. The second kappa shape index (κ2) is 8.27. The van der Waals surface area contributed by atoms with Gasteiger partial charge in [0.05, 0.1) is 25.9 Å². The van der Waals surface area contributed by atoms with E-state index in [4.69, 9.17) is 9.47 Å². The molecule has 0 amide bonds. The molecular weight excluding hydrogens is 242 g/mol. The van der Waals surface area contributed by atoms with Crippen molar-refractivity contribution < 1.29 is 14.6 Å². The van der Waals surface area contributed by atoms with Crippen molar-refractivity contribution in [1.29, 1.82) is 0 Å². The van der Waals surface area contributed by atoms with Crippen LogP contribution in [-0.4, -0.2) is 55.6 Å². The largest absolute Gasteiger partial charge is 0.389 e. The first-order valence-corrected chi connectivity index (χ1v) is 6.94. The van der Waals surface area contributed by atoms with Crippen molar-refractivity contribution in [3.8, 4) is 0 Å².